The molecule has 9 nitrogen and oxygen atoms in total. The standard InChI is InChI=1S/C15H19N3O6/c1-10(14(21)22)18-13(20)8-16-12(19)7-17-15(23)24-9-11-5-3-2-4-6-11/h2-6,10H,7-9H2,1H3,(H,16,19)(H,17,23)(H,18,20)(H,21,22)/t10-/m1/s1. The summed E-state index contributed by atoms with van der Waals surface area (Å²) < 4.78 is 4.91. The third kappa shape index (κ3) is 7.78. The van der Waals surface area contributed by atoms with Gasteiger partial charge in [-0.2, -0.15) is 0 Å². The van der Waals surface area contributed by atoms with Crippen molar-refractivity contribution in [1.82, 2.24) is 16.0 Å². The average molecular weight is 337 g/mol. The van der Waals surface area contributed by atoms with E-state index >= 15 is 0 Å². The molecule has 0 saturated heterocycles. The summed E-state index contributed by atoms with van der Waals surface area (Å²) in [5, 5.41) is 15.3. The number of carboxylic acids is 1. The molecule has 4 N–H and O–H groups in total. The van der Waals surface area contributed by atoms with Gasteiger partial charge >= 0.3 is 12.1 Å². The minimum Gasteiger partial charge on any atom is -0.480 e. The zero-order valence-electron chi connectivity index (χ0n) is 13.1. The summed E-state index contributed by atoms with van der Waals surface area (Å²) in [5.74, 6) is -2.44. The molecule has 0 aliphatic carbocycles. The number of hydrogen-bond acceptors (Lipinski definition) is 5. The summed E-state index contributed by atoms with van der Waals surface area (Å²) in [6, 6.07) is 7.97. The van der Waals surface area contributed by atoms with Crippen molar-refractivity contribution in [2.75, 3.05) is 13.1 Å². The first-order valence-corrected chi connectivity index (χ1v) is 7.12. The van der Waals surface area contributed by atoms with E-state index < -0.39 is 36.5 Å². The maximum Gasteiger partial charge on any atom is 0.407 e. The Kier molecular flexibility index (Phi) is 7.76. The molecule has 0 bridgehead atoms. The van der Waals surface area contributed by atoms with E-state index in [0.717, 1.165) is 5.56 Å². The van der Waals surface area contributed by atoms with E-state index in [9.17, 15) is 19.2 Å². The number of carboxylic acid groups (broad SMARTS) is 1. The van der Waals surface area contributed by atoms with E-state index in [4.69, 9.17) is 9.84 Å². The summed E-state index contributed by atoms with van der Waals surface area (Å²) in [6.07, 6.45) is -0.766. The smallest absolute Gasteiger partial charge is 0.407 e. The van der Waals surface area contributed by atoms with Crippen LogP contribution in [0.5, 0.6) is 0 Å². The second kappa shape index (κ2) is 9.82. The van der Waals surface area contributed by atoms with Gasteiger partial charge in [-0.3, -0.25) is 14.4 Å². The molecule has 0 aliphatic heterocycles. The first-order chi connectivity index (χ1) is 11.4. The fourth-order valence-corrected chi connectivity index (χ4v) is 1.52. The second-order valence-corrected chi connectivity index (χ2v) is 4.82. The lowest BCUT2D eigenvalue weighted by molar-refractivity contribution is -0.141. The quantitative estimate of drug-likeness (QED) is 0.511. The lowest BCUT2D eigenvalue weighted by atomic mass is 10.2. The minimum atomic E-state index is -1.18. The highest BCUT2D eigenvalue weighted by atomic mass is 16.5. The number of rotatable bonds is 8. The number of benzene rings is 1. The number of nitrogens with one attached hydrogen (secondary N) is 3. The van der Waals surface area contributed by atoms with Gasteiger partial charge in [0.25, 0.3) is 0 Å². The molecular formula is C15H19N3O6. The van der Waals surface area contributed by atoms with Gasteiger partial charge in [-0.05, 0) is 12.5 Å². The SMILES string of the molecule is C[C@@H](NC(=O)CNC(=O)CNC(=O)OCc1ccccc1)C(=O)O. The van der Waals surface area contributed by atoms with E-state index in [1.54, 1.807) is 24.3 Å². The zero-order valence-corrected chi connectivity index (χ0v) is 13.1. The maximum atomic E-state index is 11.5. The molecule has 0 unspecified atom stereocenters. The van der Waals surface area contributed by atoms with Crippen molar-refractivity contribution in [2.24, 2.45) is 0 Å². The van der Waals surface area contributed by atoms with Gasteiger partial charge in [0.05, 0.1) is 6.54 Å². The molecule has 0 saturated carbocycles. The molecule has 1 atom stereocenters. The van der Waals surface area contributed by atoms with Gasteiger partial charge in [0, 0.05) is 0 Å². The molecule has 24 heavy (non-hydrogen) atoms. The van der Waals surface area contributed by atoms with Crippen LogP contribution >= 0.6 is 0 Å². The van der Waals surface area contributed by atoms with E-state index in [1.165, 1.54) is 6.92 Å². The van der Waals surface area contributed by atoms with Crippen LogP contribution in [-0.2, 0) is 25.7 Å². The number of ether oxygens (including phenoxy) is 1. The third-order valence-electron chi connectivity index (χ3n) is 2.80. The van der Waals surface area contributed by atoms with Crippen LogP contribution in [0.1, 0.15) is 12.5 Å². The van der Waals surface area contributed by atoms with E-state index in [2.05, 4.69) is 16.0 Å². The monoisotopic (exact) mass is 337 g/mol. The summed E-state index contributed by atoms with van der Waals surface area (Å²) in [5.41, 5.74) is 0.807. The average Bonchev–Trinajstić information content (AvgIpc) is 2.57. The Morgan fingerprint density at radius 1 is 1.04 bits per heavy atom. The molecule has 0 radical (unpaired) electrons. The van der Waals surface area contributed by atoms with Crippen LogP contribution in [-0.4, -0.2) is 48.1 Å². The van der Waals surface area contributed by atoms with Gasteiger partial charge in [-0.15, -0.1) is 0 Å². The summed E-state index contributed by atoms with van der Waals surface area (Å²) in [7, 11) is 0. The lowest BCUT2D eigenvalue weighted by Gasteiger charge is -2.10. The molecule has 1 aromatic rings. The van der Waals surface area contributed by atoms with Crippen molar-refractivity contribution in [2.45, 2.75) is 19.6 Å². The number of hydrogen-bond donors (Lipinski definition) is 4. The highest BCUT2D eigenvalue weighted by Crippen LogP contribution is 2.00. The van der Waals surface area contributed by atoms with Crippen molar-refractivity contribution in [3.05, 3.63) is 35.9 Å². The van der Waals surface area contributed by atoms with Crippen LogP contribution in [0.2, 0.25) is 0 Å². The van der Waals surface area contributed by atoms with Gasteiger partial charge in [-0.1, -0.05) is 30.3 Å². The Labute approximate surface area is 138 Å². The van der Waals surface area contributed by atoms with Gasteiger partial charge in [0.15, 0.2) is 0 Å². The van der Waals surface area contributed by atoms with Gasteiger partial charge in [-0.25, -0.2) is 4.79 Å². The van der Waals surface area contributed by atoms with Crippen LogP contribution < -0.4 is 16.0 Å². The fourth-order valence-electron chi connectivity index (χ4n) is 1.52. The van der Waals surface area contributed by atoms with Crippen LogP contribution in [0, 0.1) is 0 Å². The molecule has 0 aliphatic rings. The van der Waals surface area contributed by atoms with Crippen LogP contribution in [0.25, 0.3) is 0 Å². The first-order valence-electron chi connectivity index (χ1n) is 7.12. The highest BCUT2D eigenvalue weighted by Gasteiger charge is 2.14. The Bertz CT molecular complexity index is 590. The number of aliphatic carboxylic acids is 1. The molecule has 3 amide bonds. The van der Waals surface area contributed by atoms with E-state index in [1.807, 2.05) is 6.07 Å². The topological polar surface area (TPSA) is 134 Å². The Morgan fingerprint density at radius 2 is 1.67 bits per heavy atom. The molecule has 1 aromatic carbocycles. The van der Waals surface area contributed by atoms with Crippen molar-refractivity contribution in [3.8, 4) is 0 Å². The molecule has 1 rings (SSSR count). The van der Waals surface area contributed by atoms with Crippen LogP contribution in [0.4, 0.5) is 4.79 Å². The van der Waals surface area contributed by atoms with E-state index in [0.29, 0.717) is 0 Å². The number of amides is 3. The van der Waals surface area contributed by atoms with Crippen molar-refractivity contribution in [1.29, 1.82) is 0 Å². The number of carbonyl (C=O) groups excluding carboxylic acids is 3. The number of carbonyl (C=O) groups is 4. The molecule has 0 heterocycles. The molecule has 0 aromatic heterocycles. The predicted molar refractivity (Wildman–Crippen MR) is 82.9 cm³/mol. The number of alkyl carbamates (subject to hydrolysis) is 1. The third-order valence-corrected chi connectivity index (χ3v) is 2.80. The second-order valence-electron chi connectivity index (χ2n) is 4.82. The first kappa shape index (κ1) is 18.9. The maximum absolute atomic E-state index is 11.5. The molecule has 0 fully saturated rings. The van der Waals surface area contributed by atoms with Crippen molar-refractivity contribution < 1.29 is 29.0 Å². The fraction of sp³-hybridized carbons (Fsp3) is 0.333. The Balaban J connectivity index is 2.17. The predicted octanol–water partition coefficient (Wildman–Crippen LogP) is -0.382. The van der Waals surface area contributed by atoms with Crippen molar-refractivity contribution >= 4 is 23.9 Å². The molecule has 130 valence electrons. The Hall–Kier alpha value is -3.10. The zero-order chi connectivity index (χ0) is 17.9. The van der Waals surface area contributed by atoms with Gasteiger partial charge < -0.3 is 25.8 Å². The summed E-state index contributed by atoms with van der Waals surface area (Å²) in [4.78, 5) is 44.8. The summed E-state index contributed by atoms with van der Waals surface area (Å²) in [6.45, 7) is 0.614. The minimum absolute atomic E-state index is 0.0732. The molecular weight excluding hydrogens is 318 g/mol. The van der Waals surface area contributed by atoms with Crippen molar-refractivity contribution in [3.63, 3.8) is 0 Å². The van der Waals surface area contributed by atoms with Crippen LogP contribution in [0.3, 0.4) is 0 Å². The highest BCUT2D eigenvalue weighted by molar-refractivity contribution is 5.89. The lowest BCUT2D eigenvalue weighted by Crippen LogP contribution is -2.45. The van der Waals surface area contributed by atoms with Gasteiger partial charge in [0.1, 0.15) is 19.2 Å². The van der Waals surface area contributed by atoms with Gasteiger partial charge in [0.2, 0.25) is 11.8 Å². The largest absolute Gasteiger partial charge is 0.480 e. The van der Waals surface area contributed by atoms with E-state index in [-0.39, 0.29) is 13.2 Å². The summed E-state index contributed by atoms with van der Waals surface area (Å²) >= 11 is 0. The normalized spacial score (nSPS) is 11.0. The Morgan fingerprint density at radius 3 is 2.29 bits per heavy atom. The molecule has 0 spiro atoms. The van der Waals surface area contributed by atoms with Crippen LogP contribution in [0.15, 0.2) is 30.3 Å². The molecule has 9 heteroatoms.